The van der Waals surface area contributed by atoms with Gasteiger partial charge in [-0.2, -0.15) is 0 Å². The molecule has 3 heterocycles. The van der Waals surface area contributed by atoms with Gasteiger partial charge in [0, 0.05) is 31.3 Å². The molecule has 1 aromatic carbocycles. The van der Waals surface area contributed by atoms with Gasteiger partial charge in [0.15, 0.2) is 5.11 Å². The van der Waals surface area contributed by atoms with Gasteiger partial charge in [-0.15, -0.1) is 0 Å². The number of hydrogen-bond donors (Lipinski definition) is 1. The number of thiocarbonyl (C=S) groups is 1. The lowest BCUT2D eigenvalue weighted by molar-refractivity contribution is 0.210. The molecule has 1 saturated heterocycles. The first-order chi connectivity index (χ1) is 14.7. The predicted octanol–water partition coefficient (Wildman–Crippen LogP) is 4.92. The maximum Gasteiger partial charge on any atom is 0.174 e. The summed E-state index contributed by atoms with van der Waals surface area (Å²) in [7, 11) is 2.04. The number of benzene rings is 1. The van der Waals surface area contributed by atoms with Crippen LogP contribution in [0.3, 0.4) is 0 Å². The van der Waals surface area contributed by atoms with Gasteiger partial charge >= 0.3 is 0 Å². The van der Waals surface area contributed by atoms with Crippen LogP contribution in [-0.4, -0.2) is 20.8 Å². The molecule has 3 aromatic rings. The van der Waals surface area contributed by atoms with E-state index in [0.29, 0.717) is 11.2 Å². The number of hydrogen-bond acceptors (Lipinski definition) is 3. The second kappa shape index (κ2) is 8.11. The van der Waals surface area contributed by atoms with Crippen molar-refractivity contribution in [3.63, 3.8) is 0 Å². The number of anilines is 1. The van der Waals surface area contributed by atoms with E-state index in [1.165, 1.54) is 18.4 Å². The molecule has 154 valence electrons. The highest BCUT2D eigenvalue weighted by Gasteiger charge is 2.41. The normalized spacial score (nSPS) is 21.8. The molecule has 0 bridgehead atoms. The van der Waals surface area contributed by atoms with E-state index in [1.54, 1.807) is 0 Å². The maximum atomic E-state index is 6.14. The zero-order valence-electron chi connectivity index (χ0n) is 17.1. The summed E-state index contributed by atoms with van der Waals surface area (Å²) in [6.07, 6.45) is 11.3. The summed E-state index contributed by atoms with van der Waals surface area (Å²) in [5.74, 6) is 0.932. The summed E-state index contributed by atoms with van der Waals surface area (Å²) < 4.78 is 8.22. The topological polar surface area (TPSA) is 42.3 Å². The average Bonchev–Trinajstić information content (AvgIpc) is 3.50. The molecule has 0 radical (unpaired) electrons. The van der Waals surface area contributed by atoms with E-state index in [4.69, 9.17) is 17.0 Å². The number of ether oxygens (including phenoxy) is 1. The molecular weight excluding hydrogens is 392 g/mol. The molecule has 2 aliphatic rings. The molecule has 30 heavy (non-hydrogen) atoms. The molecule has 1 aliphatic heterocycles. The largest absolute Gasteiger partial charge is 0.490 e. The highest BCUT2D eigenvalue weighted by Crippen LogP contribution is 2.41. The van der Waals surface area contributed by atoms with Crippen LogP contribution < -0.4 is 15.0 Å². The number of nitrogens with one attached hydrogen (secondary N) is 1. The average molecular weight is 419 g/mol. The molecule has 2 unspecified atom stereocenters. The molecule has 0 spiro atoms. The van der Waals surface area contributed by atoms with Gasteiger partial charge in [0.05, 0.1) is 23.9 Å². The highest BCUT2D eigenvalue weighted by atomic mass is 32.1. The first kappa shape index (κ1) is 19.1. The Kier molecular flexibility index (Phi) is 5.17. The third-order valence-corrected chi connectivity index (χ3v) is 6.33. The van der Waals surface area contributed by atoms with E-state index in [2.05, 4.69) is 68.6 Å². The van der Waals surface area contributed by atoms with Crippen molar-refractivity contribution in [2.24, 2.45) is 7.05 Å². The maximum absolute atomic E-state index is 6.14. The molecule has 0 amide bonds. The van der Waals surface area contributed by atoms with Crippen LogP contribution in [0.2, 0.25) is 0 Å². The summed E-state index contributed by atoms with van der Waals surface area (Å²) >= 11 is 5.78. The van der Waals surface area contributed by atoms with Crippen molar-refractivity contribution in [3.8, 4) is 5.75 Å². The van der Waals surface area contributed by atoms with E-state index >= 15 is 0 Å². The lowest BCUT2D eigenvalue weighted by Crippen LogP contribution is -2.29. The summed E-state index contributed by atoms with van der Waals surface area (Å²) in [4.78, 5) is 6.80. The van der Waals surface area contributed by atoms with Crippen molar-refractivity contribution in [2.75, 3.05) is 4.90 Å². The van der Waals surface area contributed by atoms with E-state index in [-0.39, 0.29) is 12.1 Å². The lowest BCUT2D eigenvalue weighted by atomic mass is 9.98. The number of pyridine rings is 1. The molecule has 2 atom stereocenters. The molecule has 2 fully saturated rings. The summed E-state index contributed by atoms with van der Waals surface area (Å²) in [5.41, 5.74) is 3.24. The SMILES string of the molecule is Cn1ccc(C2C(c3ccccn3)NC(=S)N2c2ccc(OC3CCCC3)cc2)c1. The second-order valence-corrected chi connectivity index (χ2v) is 8.51. The van der Waals surface area contributed by atoms with Crippen LogP contribution in [0.5, 0.6) is 5.75 Å². The van der Waals surface area contributed by atoms with Crippen molar-refractivity contribution < 1.29 is 4.74 Å². The van der Waals surface area contributed by atoms with Crippen LogP contribution in [0.4, 0.5) is 5.69 Å². The zero-order valence-corrected chi connectivity index (χ0v) is 17.9. The molecule has 2 aromatic heterocycles. The van der Waals surface area contributed by atoms with Gasteiger partial charge in [-0.05, 0) is 85.9 Å². The fourth-order valence-electron chi connectivity index (χ4n) is 4.56. The Morgan fingerprint density at radius 1 is 1.07 bits per heavy atom. The van der Waals surface area contributed by atoms with E-state index < -0.39 is 0 Å². The van der Waals surface area contributed by atoms with Gasteiger partial charge < -0.3 is 19.5 Å². The summed E-state index contributed by atoms with van der Waals surface area (Å²) in [6.45, 7) is 0. The Balaban J connectivity index is 1.46. The van der Waals surface area contributed by atoms with Crippen LogP contribution >= 0.6 is 12.2 Å². The number of aryl methyl sites for hydroxylation is 1. The molecule has 5 nitrogen and oxygen atoms in total. The van der Waals surface area contributed by atoms with Crippen LogP contribution in [0.1, 0.15) is 49.0 Å². The Hall–Kier alpha value is -2.86. The molecule has 5 rings (SSSR count). The van der Waals surface area contributed by atoms with Gasteiger partial charge in [0.1, 0.15) is 5.75 Å². The van der Waals surface area contributed by atoms with Crippen LogP contribution in [0.15, 0.2) is 67.1 Å². The molecule has 1 N–H and O–H groups in total. The molecular formula is C24H26N4OS. The minimum atomic E-state index is -0.0180. The highest BCUT2D eigenvalue weighted by molar-refractivity contribution is 7.80. The Morgan fingerprint density at radius 3 is 2.53 bits per heavy atom. The van der Waals surface area contributed by atoms with Crippen molar-refractivity contribution >= 4 is 23.0 Å². The monoisotopic (exact) mass is 418 g/mol. The van der Waals surface area contributed by atoms with Crippen LogP contribution in [0.25, 0.3) is 0 Å². The number of aromatic nitrogens is 2. The van der Waals surface area contributed by atoms with Gasteiger partial charge in [0.25, 0.3) is 0 Å². The molecule has 1 saturated carbocycles. The zero-order chi connectivity index (χ0) is 20.5. The van der Waals surface area contributed by atoms with Crippen molar-refractivity contribution in [1.29, 1.82) is 0 Å². The fraction of sp³-hybridized carbons (Fsp3) is 0.333. The third kappa shape index (κ3) is 3.67. The second-order valence-electron chi connectivity index (χ2n) is 8.13. The Bertz CT molecular complexity index is 1010. The minimum absolute atomic E-state index is 0.0180. The van der Waals surface area contributed by atoms with Crippen molar-refractivity contribution in [1.82, 2.24) is 14.9 Å². The van der Waals surface area contributed by atoms with Crippen molar-refractivity contribution in [2.45, 2.75) is 43.9 Å². The van der Waals surface area contributed by atoms with Crippen LogP contribution in [-0.2, 0) is 7.05 Å². The summed E-state index contributed by atoms with van der Waals surface area (Å²) in [6, 6.07) is 16.5. The fourth-order valence-corrected chi connectivity index (χ4v) is 4.90. The third-order valence-electron chi connectivity index (χ3n) is 6.01. The first-order valence-electron chi connectivity index (χ1n) is 10.6. The van der Waals surface area contributed by atoms with E-state index in [1.807, 2.05) is 25.4 Å². The number of nitrogens with zero attached hydrogens (tertiary/aromatic N) is 3. The van der Waals surface area contributed by atoms with Gasteiger partial charge in [0.2, 0.25) is 0 Å². The van der Waals surface area contributed by atoms with Crippen molar-refractivity contribution in [3.05, 3.63) is 78.4 Å². The van der Waals surface area contributed by atoms with E-state index in [0.717, 1.165) is 30.0 Å². The van der Waals surface area contributed by atoms with Gasteiger partial charge in [-0.25, -0.2) is 0 Å². The molecule has 1 aliphatic carbocycles. The Morgan fingerprint density at radius 2 is 1.87 bits per heavy atom. The van der Waals surface area contributed by atoms with E-state index in [9.17, 15) is 0 Å². The predicted molar refractivity (Wildman–Crippen MR) is 123 cm³/mol. The van der Waals surface area contributed by atoms with Crippen LogP contribution in [0, 0.1) is 0 Å². The molecule has 6 heteroatoms. The minimum Gasteiger partial charge on any atom is -0.490 e. The van der Waals surface area contributed by atoms with Gasteiger partial charge in [-0.1, -0.05) is 6.07 Å². The quantitative estimate of drug-likeness (QED) is 0.596. The summed E-state index contributed by atoms with van der Waals surface area (Å²) in [5, 5.41) is 4.22. The smallest absolute Gasteiger partial charge is 0.174 e. The van der Waals surface area contributed by atoms with Gasteiger partial charge in [-0.3, -0.25) is 4.98 Å². The number of rotatable bonds is 5. The Labute approximate surface area is 182 Å². The standard InChI is InChI=1S/C24H26N4OS/c1-27-15-13-17(16-27)23-22(21-8-4-5-14-25-21)26-24(30)28(23)18-9-11-20(12-10-18)29-19-6-2-3-7-19/h4-5,8-16,19,22-23H,2-3,6-7H2,1H3,(H,26,30). The first-order valence-corrected chi connectivity index (χ1v) is 11.0. The lowest BCUT2D eigenvalue weighted by Gasteiger charge is -2.27.